The highest BCUT2D eigenvalue weighted by Crippen LogP contribution is 2.45. The number of ether oxygens (including phenoxy) is 4. The number of allylic oxidation sites excluding steroid dienone is 4. The van der Waals surface area contributed by atoms with Crippen molar-refractivity contribution in [3.63, 3.8) is 0 Å². The van der Waals surface area contributed by atoms with Crippen LogP contribution in [0.2, 0.25) is 0 Å². The van der Waals surface area contributed by atoms with Crippen molar-refractivity contribution in [3.8, 4) is 0 Å². The number of carbonyl (C=O) groups excluding carboxylic acids is 3. The summed E-state index contributed by atoms with van der Waals surface area (Å²) >= 11 is 0. The van der Waals surface area contributed by atoms with Gasteiger partial charge in [-0.3, -0.25) is 0 Å². The Kier molecular flexibility index (Phi) is 10.8. The topological polar surface area (TPSA) is 112 Å². The summed E-state index contributed by atoms with van der Waals surface area (Å²) in [5.41, 5.74) is 0.146. The van der Waals surface area contributed by atoms with Crippen molar-refractivity contribution in [3.05, 3.63) is 59.9 Å². The number of rotatable bonds is 11. The zero-order chi connectivity index (χ0) is 28.3. The van der Waals surface area contributed by atoms with Gasteiger partial charge < -0.3 is 29.6 Å². The fourth-order valence-electron chi connectivity index (χ4n) is 5.48. The molecule has 2 aliphatic rings. The van der Waals surface area contributed by atoms with E-state index in [1.165, 1.54) is 0 Å². The lowest BCUT2D eigenvalue weighted by Crippen LogP contribution is -2.50. The van der Waals surface area contributed by atoms with E-state index < -0.39 is 24.3 Å². The fraction of sp³-hybridized carbons (Fsp3) is 0.567. The maximum absolute atomic E-state index is 12.6. The van der Waals surface area contributed by atoms with Crippen LogP contribution in [-0.2, 0) is 18.9 Å². The predicted octanol–water partition coefficient (Wildman–Crippen LogP) is 5.52. The first-order valence-electron chi connectivity index (χ1n) is 13.6. The van der Waals surface area contributed by atoms with Crippen molar-refractivity contribution in [1.29, 1.82) is 0 Å². The minimum atomic E-state index is -0.605. The van der Waals surface area contributed by atoms with E-state index >= 15 is 0 Å². The Balaban J connectivity index is 1.39. The maximum Gasteiger partial charge on any atom is 0.407 e. The first kappa shape index (κ1) is 30.1. The molecule has 1 aromatic rings. The van der Waals surface area contributed by atoms with E-state index in [9.17, 15) is 14.4 Å². The lowest BCUT2D eigenvalue weighted by molar-refractivity contribution is 0.0180. The van der Waals surface area contributed by atoms with Crippen LogP contribution < -0.4 is 10.6 Å². The monoisotopic (exact) mass is 542 g/mol. The van der Waals surface area contributed by atoms with Crippen LogP contribution >= 0.6 is 0 Å². The van der Waals surface area contributed by atoms with Gasteiger partial charge in [-0.05, 0) is 61.6 Å². The van der Waals surface area contributed by atoms with Crippen LogP contribution in [-0.4, -0.2) is 56.7 Å². The Morgan fingerprint density at radius 2 is 1.79 bits per heavy atom. The van der Waals surface area contributed by atoms with Crippen molar-refractivity contribution < 1.29 is 33.3 Å². The number of hydrogen-bond acceptors (Lipinski definition) is 7. The number of esters is 1. The van der Waals surface area contributed by atoms with Gasteiger partial charge in [-0.1, -0.05) is 51.1 Å². The quantitative estimate of drug-likeness (QED) is 0.215. The molecule has 0 bridgehead atoms. The van der Waals surface area contributed by atoms with Crippen molar-refractivity contribution in [2.24, 2.45) is 10.8 Å². The molecule has 1 fully saturated rings. The SMILES string of the molecule is CC(COC(=O)c1ccccc1)OC(=O)NC1CC(C)(C)CC(C)(CNC(=O)OCCOC2=CC=CCC2)C1. The molecule has 3 unspecified atom stereocenters. The van der Waals surface area contributed by atoms with E-state index in [0.717, 1.165) is 31.4 Å². The Labute approximate surface area is 231 Å². The third-order valence-corrected chi connectivity index (χ3v) is 6.77. The third-order valence-electron chi connectivity index (χ3n) is 6.77. The lowest BCUT2D eigenvalue weighted by Gasteiger charge is -2.46. The highest BCUT2D eigenvalue weighted by atomic mass is 16.6. The summed E-state index contributed by atoms with van der Waals surface area (Å²) in [4.78, 5) is 37.0. The van der Waals surface area contributed by atoms with Crippen molar-refractivity contribution in [2.75, 3.05) is 26.4 Å². The number of amides is 2. The molecule has 3 rings (SSSR count). The zero-order valence-corrected chi connectivity index (χ0v) is 23.5. The molecule has 3 atom stereocenters. The largest absolute Gasteiger partial charge is 0.494 e. The molecule has 0 aromatic heterocycles. The van der Waals surface area contributed by atoms with E-state index in [1.807, 2.05) is 18.2 Å². The minimum Gasteiger partial charge on any atom is -0.494 e. The van der Waals surface area contributed by atoms with Gasteiger partial charge in [-0.25, -0.2) is 14.4 Å². The molecule has 1 saturated carbocycles. The molecule has 9 heteroatoms. The van der Waals surface area contributed by atoms with E-state index in [2.05, 4.69) is 37.5 Å². The minimum absolute atomic E-state index is 0.0409. The summed E-state index contributed by atoms with van der Waals surface area (Å²) in [5.74, 6) is 0.437. The van der Waals surface area contributed by atoms with Gasteiger partial charge in [0.2, 0.25) is 0 Å². The fourth-order valence-corrected chi connectivity index (χ4v) is 5.48. The molecule has 2 aliphatic carbocycles. The molecular formula is C30H42N2O7. The van der Waals surface area contributed by atoms with Gasteiger partial charge >= 0.3 is 18.2 Å². The van der Waals surface area contributed by atoms with Crippen LogP contribution in [0.4, 0.5) is 9.59 Å². The first-order valence-corrected chi connectivity index (χ1v) is 13.6. The van der Waals surface area contributed by atoms with Crippen molar-refractivity contribution >= 4 is 18.2 Å². The molecule has 2 amide bonds. The van der Waals surface area contributed by atoms with Gasteiger partial charge in [-0.2, -0.15) is 0 Å². The van der Waals surface area contributed by atoms with Gasteiger partial charge in [0.05, 0.1) is 11.3 Å². The highest BCUT2D eigenvalue weighted by molar-refractivity contribution is 5.89. The molecule has 0 heterocycles. The molecule has 0 saturated heterocycles. The van der Waals surface area contributed by atoms with Crippen LogP contribution in [0.1, 0.15) is 70.2 Å². The average Bonchev–Trinajstić information content (AvgIpc) is 2.88. The number of carbonyl (C=O) groups is 3. The van der Waals surface area contributed by atoms with E-state index in [4.69, 9.17) is 18.9 Å². The summed E-state index contributed by atoms with van der Waals surface area (Å²) in [6.45, 7) is 8.95. The first-order chi connectivity index (χ1) is 18.5. The Hall–Kier alpha value is -3.49. The Morgan fingerprint density at radius 3 is 2.51 bits per heavy atom. The molecule has 1 aromatic carbocycles. The van der Waals surface area contributed by atoms with Gasteiger partial charge in [0.15, 0.2) is 0 Å². The standard InChI is InChI=1S/C30H42N2O7/c1-22(19-38-26(33)23-11-7-5-8-12-23)39-28(35)32-24-17-29(2,3)20-30(4,18-24)21-31-27(34)37-16-15-36-25-13-9-6-10-14-25/h5-9,11-13,22,24H,10,14-21H2,1-4H3,(H,31,34)(H,32,35). The van der Waals surface area contributed by atoms with Gasteiger partial charge in [0.1, 0.15) is 25.9 Å². The van der Waals surface area contributed by atoms with E-state index in [1.54, 1.807) is 31.2 Å². The average molecular weight is 543 g/mol. The molecule has 2 N–H and O–H groups in total. The molecular weight excluding hydrogens is 500 g/mol. The van der Waals surface area contributed by atoms with Crippen LogP contribution in [0.25, 0.3) is 0 Å². The normalized spacial score (nSPS) is 22.6. The number of nitrogens with one attached hydrogen (secondary N) is 2. The van der Waals surface area contributed by atoms with Crippen molar-refractivity contribution in [2.45, 2.75) is 71.9 Å². The molecule has 0 radical (unpaired) electrons. The smallest absolute Gasteiger partial charge is 0.407 e. The second-order valence-electron chi connectivity index (χ2n) is 11.5. The van der Waals surface area contributed by atoms with E-state index in [0.29, 0.717) is 25.1 Å². The zero-order valence-electron chi connectivity index (χ0n) is 23.5. The maximum atomic E-state index is 12.6. The summed E-state index contributed by atoms with van der Waals surface area (Å²) in [7, 11) is 0. The van der Waals surface area contributed by atoms with E-state index in [-0.39, 0.29) is 30.1 Å². The van der Waals surface area contributed by atoms with Crippen LogP contribution in [0.15, 0.2) is 54.3 Å². The molecule has 0 spiro atoms. The third kappa shape index (κ3) is 10.7. The van der Waals surface area contributed by atoms with Crippen LogP contribution in [0.5, 0.6) is 0 Å². The summed E-state index contributed by atoms with van der Waals surface area (Å²) in [6.07, 6.45) is 8.48. The Morgan fingerprint density at radius 1 is 1.03 bits per heavy atom. The van der Waals surface area contributed by atoms with Crippen LogP contribution in [0.3, 0.4) is 0 Å². The highest BCUT2D eigenvalue weighted by Gasteiger charge is 2.42. The van der Waals surface area contributed by atoms with Gasteiger partial charge in [0, 0.05) is 19.0 Å². The second-order valence-corrected chi connectivity index (χ2v) is 11.5. The predicted molar refractivity (Wildman–Crippen MR) is 147 cm³/mol. The molecule has 0 aliphatic heterocycles. The lowest BCUT2D eigenvalue weighted by atomic mass is 9.62. The molecule has 9 nitrogen and oxygen atoms in total. The number of hydrogen-bond donors (Lipinski definition) is 2. The number of alkyl carbamates (subject to hydrolysis) is 2. The van der Waals surface area contributed by atoms with Gasteiger partial charge in [-0.15, -0.1) is 0 Å². The summed E-state index contributed by atoms with van der Waals surface area (Å²) in [5, 5.41) is 5.85. The van der Waals surface area contributed by atoms with Crippen LogP contribution in [0, 0.1) is 10.8 Å². The van der Waals surface area contributed by atoms with Crippen molar-refractivity contribution in [1.82, 2.24) is 10.6 Å². The second kappa shape index (κ2) is 14.1. The molecule has 39 heavy (non-hydrogen) atoms. The Bertz CT molecular complexity index is 1040. The summed E-state index contributed by atoms with van der Waals surface area (Å²) in [6, 6.07) is 8.53. The van der Waals surface area contributed by atoms with Gasteiger partial charge in [0.25, 0.3) is 0 Å². The molecule has 214 valence electrons. The summed E-state index contributed by atoms with van der Waals surface area (Å²) < 4.78 is 21.6. The number of benzene rings is 1.